The Kier molecular flexibility index (Phi) is 2.94. The first kappa shape index (κ1) is 8.09. The third kappa shape index (κ3) is 2.60. The quantitative estimate of drug-likeness (QED) is 0.596. The summed E-state index contributed by atoms with van der Waals surface area (Å²) in [6.45, 7) is 0.531. The molecule has 1 aromatic rings. The molecular weight excluding hydrogens is 204 g/mol. The fourth-order valence-electron chi connectivity index (χ4n) is 0.633. The Balaban J connectivity index is 2.60. The lowest BCUT2D eigenvalue weighted by molar-refractivity contribution is 1.25. The third-order valence-corrected chi connectivity index (χ3v) is 1.59. The van der Waals surface area contributed by atoms with Gasteiger partial charge in [0.25, 0.3) is 0 Å². The second kappa shape index (κ2) is 3.99. The van der Waals surface area contributed by atoms with E-state index >= 15 is 0 Å². The number of terminal acetylenes is 1. The Labute approximate surface area is 74.2 Å². The molecule has 0 unspecified atom stereocenters. The van der Waals surface area contributed by atoms with Crippen LogP contribution < -0.4 is 5.32 Å². The highest BCUT2D eigenvalue weighted by atomic mass is 79.9. The second-order valence-electron chi connectivity index (χ2n) is 1.93. The molecule has 3 heteroatoms. The van der Waals surface area contributed by atoms with E-state index in [0.717, 1.165) is 10.3 Å². The normalized spacial score (nSPS) is 8.73. The Morgan fingerprint density at radius 2 is 2.45 bits per heavy atom. The molecule has 0 radical (unpaired) electrons. The summed E-state index contributed by atoms with van der Waals surface area (Å²) in [5, 5.41) is 3.00. The van der Waals surface area contributed by atoms with Crippen molar-refractivity contribution in [2.24, 2.45) is 0 Å². The minimum absolute atomic E-state index is 0.531. The summed E-state index contributed by atoms with van der Waals surface area (Å²) in [5.74, 6) is 2.48. The van der Waals surface area contributed by atoms with Gasteiger partial charge in [-0.1, -0.05) is 5.92 Å². The van der Waals surface area contributed by atoms with Gasteiger partial charge in [-0.15, -0.1) is 6.42 Å². The minimum atomic E-state index is 0.531. The van der Waals surface area contributed by atoms with Crippen LogP contribution in [0.5, 0.6) is 0 Å². The molecule has 1 N–H and O–H groups in total. The SMILES string of the molecule is C#CCNc1ccc(Br)nc1. The van der Waals surface area contributed by atoms with Crippen molar-refractivity contribution >= 4 is 21.6 Å². The van der Waals surface area contributed by atoms with Crippen LogP contribution in [-0.4, -0.2) is 11.5 Å². The molecule has 0 atom stereocenters. The van der Waals surface area contributed by atoms with Crippen LogP contribution in [0.2, 0.25) is 0 Å². The molecule has 2 nitrogen and oxygen atoms in total. The van der Waals surface area contributed by atoms with Crippen LogP contribution in [0.1, 0.15) is 0 Å². The largest absolute Gasteiger partial charge is 0.373 e. The summed E-state index contributed by atoms with van der Waals surface area (Å²) < 4.78 is 0.823. The Morgan fingerprint density at radius 1 is 1.64 bits per heavy atom. The number of halogens is 1. The molecule has 0 saturated heterocycles. The van der Waals surface area contributed by atoms with Gasteiger partial charge < -0.3 is 5.32 Å². The third-order valence-electron chi connectivity index (χ3n) is 1.12. The van der Waals surface area contributed by atoms with E-state index in [1.54, 1.807) is 6.20 Å². The van der Waals surface area contributed by atoms with Crippen molar-refractivity contribution in [3.8, 4) is 12.3 Å². The van der Waals surface area contributed by atoms with Gasteiger partial charge in [-0.25, -0.2) is 4.98 Å². The van der Waals surface area contributed by atoms with E-state index in [0.29, 0.717) is 6.54 Å². The maximum absolute atomic E-state index is 5.06. The van der Waals surface area contributed by atoms with Gasteiger partial charge in [-0.3, -0.25) is 0 Å². The predicted octanol–water partition coefficient (Wildman–Crippen LogP) is 1.89. The fourth-order valence-corrected chi connectivity index (χ4v) is 0.868. The Morgan fingerprint density at radius 3 is 3.00 bits per heavy atom. The Hall–Kier alpha value is -1.01. The van der Waals surface area contributed by atoms with E-state index < -0.39 is 0 Å². The molecule has 0 aliphatic carbocycles. The summed E-state index contributed by atoms with van der Waals surface area (Å²) >= 11 is 3.23. The van der Waals surface area contributed by atoms with E-state index in [1.165, 1.54) is 0 Å². The maximum atomic E-state index is 5.06. The minimum Gasteiger partial charge on any atom is -0.373 e. The predicted molar refractivity (Wildman–Crippen MR) is 49.3 cm³/mol. The molecule has 0 aliphatic heterocycles. The molecule has 0 bridgehead atoms. The molecule has 0 fully saturated rings. The lowest BCUT2D eigenvalue weighted by atomic mass is 10.4. The first-order chi connectivity index (χ1) is 5.33. The summed E-state index contributed by atoms with van der Waals surface area (Å²) in [4.78, 5) is 4.02. The lowest BCUT2D eigenvalue weighted by Crippen LogP contribution is -1.97. The second-order valence-corrected chi connectivity index (χ2v) is 2.74. The van der Waals surface area contributed by atoms with Gasteiger partial charge in [0.15, 0.2) is 0 Å². The van der Waals surface area contributed by atoms with Crippen molar-refractivity contribution < 1.29 is 0 Å². The highest BCUT2D eigenvalue weighted by Crippen LogP contribution is 2.09. The molecule has 56 valence electrons. The van der Waals surface area contributed by atoms with Crippen LogP contribution in [0.15, 0.2) is 22.9 Å². The monoisotopic (exact) mass is 210 g/mol. The number of pyridine rings is 1. The van der Waals surface area contributed by atoms with Crippen molar-refractivity contribution in [2.45, 2.75) is 0 Å². The number of rotatable bonds is 2. The van der Waals surface area contributed by atoms with Crippen LogP contribution in [0.25, 0.3) is 0 Å². The summed E-state index contributed by atoms with van der Waals surface area (Å²) in [6, 6.07) is 3.77. The number of hydrogen-bond acceptors (Lipinski definition) is 2. The van der Waals surface area contributed by atoms with Gasteiger partial charge in [0.05, 0.1) is 18.4 Å². The van der Waals surface area contributed by atoms with Gasteiger partial charge in [0, 0.05) is 0 Å². The zero-order chi connectivity index (χ0) is 8.10. The van der Waals surface area contributed by atoms with Gasteiger partial charge in [-0.2, -0.15) is 0 Å². The van der Waals surface area contributed by atoms with Gasteiger partial charge >= 0.3 is 0 Å². The Bertz CT molecular complexity index is 260. The van der Waals surface area contributed by atoms with Crippen LogP contribution >= 0.6 is 15.9 Å². The zero-order valence-corrected chi connectivity index (χ0v) is 7.43. The van der Waals surface area contributed by atoms with Crippen molar-refractivity contribution in [3.63, 3.8) is 0 Å². The number of nitrogens with zero attached hydrogens (tertiary/aromatic N) is 1. The molecule has 0 amide bonds. The highest BCUT2D eigenvalue weighted by Gasteiger charge is 1.89. The standard InChI is InChI=1S/C8H7BrN2/c1-2-5-10-7-3-4-8(9)11-6-7/h1,3-4,6,10H,5H2. The van der Waals surface area contributed by atoms with Crippen LogP contribution in [-0.2, 0) is 0 Å². The van der Waals surface area contributed by atoms with E-state index in [1.807, 2.05) is 12.1 Å². The van der Waals surface area contributed by atoms with Crippen molar-refractivity contribution in [3.05, 3.63) is 22.9 Å². The first-order valence-electron chi connectivity index (χ1n) is 3.12. The van der Waals surface area contributed by atoms with Crippen LogP contribution in [0.3, 0.4) is 0 Å². The molecule has 0 aliphatic rings. The molecule has 1 heterocycles. The number of anilines is 1. The first-order valence-corrected chi connectivity index (χ1v) is 3.91. The van der Waals surface area contributed by atoms with Crippen LogP contribution in [0, 0.1) is 12.3 Å². The maximum Gasteiger partial charge on any atom is 0.106 e. The molecule has 1 rings (SSSR count). The summed E-state index contributed by atoms with van der Waals surface area (Å²) in [7, 11) is 0. The molecule has 0 spiro atoms. The summed E-state index contributed by atoms with van der Waals surface area (Å²) in [5.41, 5.74) is 0.936. The van der Waals surface area contributed by atoms with Gasteiger partial charge in [0.1, 0.15) is 4.60 Å². The highest BCUT2D eigenvalue weighted by molar-refractivity contribution is 9.10. The topological polar surface area (TPSA) is 24.9 Å². The van der Waals surface area contributed by atoms with Crippen molar-refractivity contribution in [1.82, 2.24) is 4.98 Å². The lowest BCUT2D eigenvalue weighted by Gasteiger charge is -1.99. The number of hydrogen-bond donors (Lipinski definition) is 1. The average molecular weight is 211 g/mol. The van der Waals surface area contributed by atoms with E-state index in [-0.39, 0.29) is 0 Å². The van der Waals surface area contributed by atoms with Crippen molar-refractivity contribution in [2.75, 3.05) is 11.9 Å². The summed E-state index contributed by atoms with van der Waals surface area (Å²) in [6.07, 6.45) is 6.79. The van der Waals surface area contributed by atoms with Gasteiger partial charge in [0.2, 0.25) is 0 Å². The molecule has 0 aromatic carbocycles. The smallest absolute Gasteiger partial charge is 0.106 e. The zero-order valence-electron chi connectivity index (χ0n) is 5.84. The van der Waals surface area contributed by atoms with E-state index in [2.05, 4.69) is 32.2 Å². The number of nitrogens with one attached hydrogen (secondary N) is 1. The van der Waals surface area contributed by atoms with E-state index in [4.69, 9.17) is 6.42 Å². The fraction of sp³-hybridized carbons (Fsp3) is 0.125. The van der Waals surface area contributed by atoms with Crippen LogP contribution in [0.4, 0.5) is 5.69 Å². The van der Waals surface area contributed by atoms with Crippen molar-refractivity contribution in [1.29, 1.82) is 0 Å². The van der Waals surface area contributed by atoms with Gasteiger partial charge in [-0.05, 0) is 28.1 Å². The molecule has 0 saturated carbocycles. The molecule has 1 aromatic heterocycles. The molecule has 11 heavy (non-hydrogen) atoms. The number of aromatic nitrogens is 1. The van der Waals surface area contributed by atoms with E-state index in [9.17, 15) is 0 Å². The average Bonchev–Trinajstić information content (AvgIpc) is 2.04. The molecular formula is C8H7BrN2.